The molecule has 0 N–H and O–H groups in total. The molecule has 0 heterocycles. The monoisotopic (exact) mass is 361 g/mol. The fraction of sp³-hybridized carbons (Fsp3) is 0. The maximum atomic E-state index is 7.81. The first-order valence-electron chi connectivity index (χ1n) is 0.123. The first kappa shape index (κ1) is 17.3. The molecule has 0 aliphatic heterocycles. The molecule has 0 aliphatic carbocycles. The third kappa shape index (κ3) is 9.34. The summed E-state index contributed by atoms with van der Waals surface area (Å²) in [4.78, 5) is 0. The van der Waals surface area contributed by atoms with Crippen LogP contribution in [0.2, 0.25) is 0 Å². The van der Waals surface area contributed by atoms with Crippen molar-refractivity contribution in [3.05, 3.63) is 0 Å². The van der Waals surface area contributed by atoms with Crippen LogP contribution in [0.5, 0.6) is 0 Å². The Hall–Kier alpha value is 1.70. The molecular formula is CuMoOW. The number of hydrogen-bond acceptors (Lipinski definition) is 1. The number of rotatable bonds is 0. The predicted octanol–water partition coefficient (Wildman–Crippen LogP) is -0.126. The van der Waals surface area contributed by atoms with Crippen LogP contribution in [0.3, 0.4) is 0 Å². The van der Waals surface area contributed by atoms with Crippen molar-refractivity contribution in [2.24, 2.45) is 0 Å². The summed E-state index contributed by atoms with van der Waals surface area (Å²) in [5, 5.41) is 0. The van der Waals surface area contributed by atoms with Gasteiger partial charge in [0.2, 0.25) is 0 Å². The van der Waals surface area contributed by atoms with Crippen LogP contribution < -0.4 is 0 Å². The smallest absolute Gasteiger partial charge is 0 e. The molecule has 4 heteroatoms. The molecule has 0 saturated heterocycles. The minimum Gasteiger partial charge on any atom is 0 e. The van der Waals surface area contributed by atoms with Crippen molar-refractivity contribution in [2.75, 3.05) is 0 Å². The van der Waals surface area contributed by atoms with Crippen LogP contribution in [0, 0.1) is 0 Å². The van der Waals surface area contributed by atoms with E-state index in [0.29, 0.717) is 0 Å². The summed E-state index contributed by atoms with van der Waals surface area (Å²) < 4.78 is 7.81. The van der Waals surface area contributed by atoms with Gasteiger partial charge in [-0.05, 0) is 0 Å². The summed E-state index contributed by atoms with van der Waals surface area (Å²) in [7, 11) is 0. The molecule has 0 aliphatic rings. The largest absolute Gasteiger partial charge is 0 e. The van der Waals surface area contributed by atoms with Gasteiger partial charge >= 0.3 is 19.8 Å². The first-order chi connectivity index (χ1) is 1.00. The van der Waals surface area contributed by atoms with E-state index in [1.807, 2.05) is 0 Å². The van der Waals surface area contributed by atoms with Crippen molar-refractivity contribution in [3.63, 3.8) is 0 Å². The summed E-state index contributed by atoms with van der Waals surface area (Å²) in [6.45, 7) is 0. The van der Waals surface area contributed by atoms with Gasteiger partial charge in [0.1, 0.15) is 0 Å². The molecule has 0 bridgehead atoms. The van der Waals surface area contributed by atoms with E-state index in [9.17, 15) is 0 Å². The van der Waals surface area contributed by atoms with E-state index < -0.39 is 0 Å². The Morgan fingerprint density at radius 2 is 1.25 bits per heavy atom. The van der Waals surface area contributed by atoms with Crippen molar-refractivity contribution in [1.82, 2.24) is 0 Å². The zero-order valence-electron chi connectivity index (χ0n) is 1.53. The Balaban J connectivity index is -0.00000000500. The van der Waals surface area contributed by atoms with Crippen LogP contribution in [0.25, 0.3) is 0 Å². The van der Waals surface area contributed by atoms with Crippen LogP contribution in [-0.4, -0.2) is 0 Å². The van der Waals surface area contributed by atoms with E-state index in [0.717, 1.165) is 0 Å². The first-order valence-corrected chi connectivity index (χ1v) is 0.508. The maximum absolute atomic E-state index is 7.81. The van der Waals surface area contributed by atoms with Gasteiger partial charge in [-0.1, -0.05) is 0 Å². The summed E-state index contributed by atoms with van der Waals surface area (Å²) in [6.07, 6.45) is 0. The molecule has 1 nitrogen and oxygen atoms in total. The Bertz CT molecular complexity index is 8.00. The van der Waals surface area contributed by atoms with Gasteiger partial charge in [0.15, 0.2) is 0 Å². The van der Waals surface area contributed by atoms with Gasteiger partial charge < -0.3 is 0 Å². The SMILES string of the molecule is [Mo].[O]=[Cu].[W]. The second-order valence-electron chi connectivity index (χ2n) is 0. The Kier molecular flexibility index (Phi) is 96.3. The standard InChI is InChI=1S/Cu.Mo.O.W. The van der Waals surface area contributed by atoms with Crippen LogP contribution in [0.4, 0.5) is 0 Å². The summed E-state index contributed by atoms with van der Waals surface area (Å²) in [5.74, 6) is 0. The zero-order chi connectivity index (χ0) is 2.00. The van der Waals surface area contributed by atoms with Gasteiger partial charge in [-0.25, -0.2) is 0 Å². The van der Waals surface area contributed by atoms with Crippen molar-refractivity contribution < 1.29 is 61.9 Å². The van der Waals surface area contributed by atoms with Crippen LogP contribution in [0.15, 0.2) is 0 Å². The minimum absolute atomic E-state index is 0. The molecule has 29 valence electrons. The predicted molar refractivity (Wildman–Crippen MR) is 0.686 cm³/mol. The maximum Gasteiger partial charge on any atom is 0 e. The third-order valence-electron chi connectivity index (χ3n) is 0. The molecule has 0 radical (unpaired) electrons. The minimum atomic E-state index is 0. The number of hydrogen-bond donors (Lipinski definition) is 0. The molecule has 0 aromatic rings. The Morgan fingerprint density at radius 3 is 1.25 bits per heavy atom. The van der Waals surface area contributed by atoms with Gasteiger partial charge in [0, 0.05) is 42.1 Å². The van der Waals surface area contributed by atoms with Crippen LogP contribution in [-0.2, 0) is 61.9 Å². The molecule has 0 atom stereocenters. The van der Waals surface area contributed by atoms with Gasteiger partial charge in [0.25, 0.3) is 0 Å². The third-order valence-corrected chi connectivity index (χ3v) is 0. The second kappa shape index (κ2) is 22.3. The van der Waals surface area contributed by atoms with E-state index in [2.05, 4.69) is 15.9 Å². The zero-order valence-corrected chi connectivity index (χ0v) is 7.41. The molecule has 4 heavy (non-hydrogen) atoms. The molecular weight excluding hydrogens is 359 g/mol. The van der Waals surface area contributed by atoms with Gasteiger partial charge in [-0.3, -0.25) is 0 Å². The fourth-order valence-electron chi connectivity index (χ4n) is 0. The normalized spacial score (nSPS) is 1.50. The second-order valence-corrected chi connectivity index (χ2v) is 0. The average Bonchev–Trinajstić information content (AvgIpc) is 1.00. The van der Waals surface area contributed by atoms with E-state index in [1.165, 1.54) is 0 Å². The van der Waals surface area contributed by atoms with E-state index in [1.54, 1.807) is 0 Å². The molecule has 0 amide bonds. The van der Waals surface area contributed by atoms with Gasteiger partial charge in [-0.2, -0.15) is 0 Å². The molecule has 0 fully saturated rings. The van der Waals surface area contributed by atoms with Crippen LogP contribution >= 0.6 is 0 Å². The van der Waals surface area contributed by atoms with Crippen LogP contribution in [0.1, 0.15) is 0 Å². The molecule has 0 aromatic carbocycles. The van der Waals surface area contributed by atoms with Gasteiger partial charge in [-0.15, -0.1) is 0 Å². The van der Waals surface area contributed by atoms with E-state index in [-0.39, 0.29) is 42.1 Å². The van der Waals surface area contributed by atoms with E-state index >= 15 is 0 Å². The Labute approximate surface area is 61.5 Å². The molecule has 0 rings (SSSR count). The van der Waals surface area contributed by atoms with E-state index in [4.69, 9.17) is 3.83 Å². The summed E-state index contributed by atoms with van der Waals surface area (Å²) >= 11 is 2.94. The van der Waals surface area contributed by atoms with Crippen molar-refractivity contribution in [1.29, 1.82) is 0 Å². The molecule has 0 saturated carbocycles. The summed E-state index contributed by atoms with van der Waals surface area (Å²) in [6, 6.07) is 0. The Morgan fingerprint density at radius 1 is 1.25 bits per heavy atom. The van der Waals surface area contributed by atoms with Crippen molar-refractivity contribution in [3.8, 4) is 0 Å². The molecule has 0 aromatic heterocycles. The molecule has 0 spiro atoms. The topological polar surface area (TPSA) is 17.1 Å². The van der Waals surface area contributed by atoms with Crippen molar-refractivity contribution in [2.45, 2.75) is 0 Å². The quantitative estimate of drug-likeness (QED) is 0.551. The molecule has 0 unspecified atom stereocenters. The fourth-order valence-corrected chi connectivity index (χ4v) is 0. The van der Waals surface area contributed by atoms with Crippen molar-refractivity contribution >= 4 is 0 Å². The summed E-state index contributed by atoms with van der Waals surface area (Å²) in [5.41, 5.74) is 0. The van der Waals surface area contributed by atoms with Gasteiger partial charge in [0.05, 0.1) is 0 Å². The average molecular weight is 359 g/mol.